The third-order valence-corrected chi connectivity index (χ3v) is 4.07. The number of thiazole rings is 1. The SMILES string of the molecule is CCc1ccc(Oc2nc(Cl)c(C(=O)OC)s2)c(OC)c1. The van der Waals surface area contributed by atoms with Crippen molar-refractivity contribution in [3.8, 4) is 16.7 Å². The van der Waals surface area contributed by atoms with Gasteiger partial charge in [0.1, 0.15) is 0 Å². The quantitative estimate of drug-likeness (QED) is 0.778. The van der Waals surface area contributed by atoms with Crippen LogP contribution in [0.5, 0.6) is 16.7 Å². The molecule has 5 nitrogen and oxygen atoms in total. The zero-order valence-electron chi connectivity index (χ0n) is 11.8. The van der Waals surface area contributed by atoms with Crippen molar-refractivity contribution in [3.05, 3.63) is 33.8 Å². The van der Waals surface area contributed by atoms with Crippen LogP contribution in [-0.2, 0) is 11.2 Å². The van der Waals surface area contributed by atoms with Gasteiger partial charge in [0, 0.05) is 0 Å². The topological polar surface area (TPSA) is 57.7 Å². The molecule has 2 rings (SSSR count). The minimum Gasteiger partial charge on any atom is -0.493 e. The van der Waals surface area contributed by atoms with E-state index in [0.717, 1.165) is 23.3 Å². The van der Waals surface area contributed by atoms with Crippen LogP contribution in [0.1, 0.15) is 22.2 Å². The van der Waals surface area contributed by atoms with E-state index in [1.165, 1.54) is 7.11 Å². The number of hydrogen-bond acceptors (Lipinski definition) is 6. The average molecular weight is 328 g/mol. The fourth-order valence-electron chi connectivity index (χ4n) is 1.66. The Morgan fingerprint density at radius 1 is 1.33 bits per heavy atom. The molecule has 0 aliphatic carbocycles. The number of aryl methyl sites for hydroxylation is 1. The van der Waals surface area contributed by atoms with Gasteiger partial charge < -0.3 is 14.2 Å². The Kier molecular flexibility index (Phi) is 5.03. The number of esters is 1. The third kappa shape index (κ3) is 3.46. The first kappa shape index (κ1) is 15.6. The number of aromatic nitrogens is 1. The molecule has 0 atom stereocenters. The molecular formula is C14H14ClNO4S. The number of halogens is 1. The first-order valence-electron chi connectivity index (χ1n) is 6.18. The smallest absolute Gasteiger partial charge is 0.351 e. The maximum absolute atomic E-state index is 11.5. The van der Waals surface area contributed by atoms with Crippen LogP contribution in [0.4, 0.5) is 0 Å². The number of carbonyl (C=O) groups excluding carboxylic acids is 1. The highest BCUT2D eigenvalue weighted by Crippen LogP contribution is 2.36. The number of rotatable bonds is 5. The summed E-state index contributed by atoms with van der Waals surface area (Å²) in [6.45, 7) is 2.05. The molecule has 7 heteroatoms. The first-order chi connectivity index (χ1) is 10.1. The number of nitrogens with zero attached hydrogens (tertiary/aromatic N) is 1. The standard InChI is InChI=1S/C14H14ClNO4S/c1-4-8-5-6-9(10(7-8)18-2)20-14-16-12(15)11(21-14)13(17)19-3/h5-7H,4H2,1-3H3. The minimum atomic E-state index is -0.541. The van der Waals surface area contributed by atoms with Crippen molar-refractivity contribution < 1.29 is 19.0 Å². The van der Waals surface area contributed by atoms with E-state index in [1.54, 1.807) is 13.2 Å². The van der Waals surface area contributed by atoms with Crippen LogP contribution in [0, 0.1) is 0 Å². The molecule has 0 amide bonds. The normalized spacial score (nSPS) is 10.3. The second-order valence-corrected chi connectivity index (χ2v) is 5.35. The molecule has 112 valence electrons. The second kappa shape index (κ2) is 6.78. The van der Waals surface area contributed by atoms with Gasteiger partial charge in [-0.15, -0.1) is 0 Å². The van der Waals surface area contributed by atoms with Crippen LogP contribution in [0.25, 0.3) is 0 Å². The van der Waals surface area contributed by atoms with Crippen LogP contribution in [0.3, 0.4) is 0 Å². The highest BCUT2D eigenvalue weighted by molar-refractivity contribution is 7.15. The van der Waals surface area contributed by atoms with Crippen LogP contribution in [0.15, 0.2) is 18.2 Å². The Hall–Kier alpha value is -1.79. The van der Waals surface area contributed by atoms with Gasteiger partial charge in [-0.25, -0.2) is 4.79 Å². The monoisotopic (exact) mass is 327 g/mol. The predicted molar refractivity (Wildman–Crippen MR) is 80.9 cm³/mol. The Labute approximate surface area is 131 Å². The van der Waals surface area contributed by atoms with E-state index in [0.29, 0.717) is 11.5 Å². The maximum Gasteiger partial charge on any atom is 0.351 e. The molecule has 0 saturated heterocycles. The van der Waals surface area contributed by atoms with E-state index in [4.69, 9.17) is 21.1 Å². The number of benzene rings is 1. The molecule has 0 fully saturated rings. The lowest BCUT2D eigenvalue weighted by Gasteiger charge is -2.09. The Bertz CT molecular complexity index is 656. The summed E-state index contributed by atoms with van der Waals surface area (Å²) in [5.74, 6) is 0.567. The second-order valence-electron chi connectivity index (χ2n) is 4.03. The average Bonchev–Trinajstić information content (AvgIpc) is 2.87. The highest BCUT2D eigenvalue weighted by Gasteiger charge is 2.19. The van der Waals surface area contributed by atoms with E-state index >= 15 is 0 Å². The van der Waals surface area contributed by atoms with Gasteiger partial charge in [-0.1, -0.05) is 35.9 Å². The molecule has 0 aliphatic rings. The summed E-state index contributed by atoms with van der Waals surface area (Å²) in [6, 6.07) is 5.63. The largest absolute Gasteiger partial charge is 0.493 e. The molecule has 1 heterocycles. The van der Waals surface area contributed by atoms with E-state index in [-0.39, 0.29) is 15.2 Å². The summed E-state index contributed by atoms with van der Waals surface area (Å²) in [6.07, 6.45) is 0.895. The number of methoxy groups -OCH3 is 2. The molecule has 21 heavy (non-hydrogen) atoms. The van der Waals surface area contributed by atoms with Crippen LogP contribution in [0.2, 0.25) is 5.15 Å². The molecule has 0 N–H and O–H groups in total. The lowest BCUT2D eigenvalue weighted by atomic mass is 10.1. The molecular weight excluding hydrogens is 314 g/mol. The summed E-state index contributed by atoms with van der Waals surface area (Å²) in [5, 5.41) is 0.314. The lowest BCUT2D eigenvalue weighted by Crippen LogP contribution is -1.98. The highest BCUT2D eigenvalue weighted by atomic mass is 35.5. The Morgan fingerprint density at radius 2 is 2.10 bits per heavy atom. The summed E-state index contributed by atoms with van der Waals surface area (Å²) < 4.78 is 15.6. The lowest BCUT2D eigenvalue weighted by molar-refractivity contribution is 0.0606. The molecule has 0 saturated carbocycles. The molecule has 0 radical (unpaired) electrons. The van der Waals surface area contributed by atoms with E-state index in [9.17, 15) is 4.79 Å². The molecule has 1 aromatic carbocycles. The summed E-state index contributed by atoms with van der Waals surface area (Å²) in [5.41, 5.74) is 1.13. The van der Waals surface area contributed by atoms with Crippen LogP contribution in [-0.4, -0.2) is 25.2 Å². The number of carbonyl (C=O) groups is 1. The molecule has 2 aromatic rings. The van der Waals surface area contributed by atoms with Crippen molar-refractivity contribution in [2.24, 2.45) is 0 Å². The third-order valence-electron chi connectivity index (χ3n) is 2.77. The van der Waals surface area contributed by atoms with Gasteiger partial charge in [-0.2, -0.15) is 4.98 Å². The van der Waals surface area contributed by atoms with Gasteiger partial charge >= 0.3 is 5.97 Å². The zero-order chi connectivity index (χ0) is 15.4. The molecule has 0 bridgehead atoms. The summed E-state index contributed by atoms with van der Waals surface area (Å²) >= 11 is 6.91. The number of hydrogen-bond donors (Lipinski definition) is 0. The van der Waals surface area contributed by atoms with Gasteiger partial charge in [0.15, 0.2) is 21.5 Å². The van der Waals surface area contributed by atoms with Crippen molar-refractivity contribution in [2.75, 3.05) is 14.2 Å². The van der Waals surface area contributed by atoms with Gasteiger partial charge in [0.25, 0.3) is 5.19 Å². The van der Waals surface area contributed by atoms with Crippen molar-refractivity contribution in [1.29, 1.82) is 0 Å². The Morgan fingerprint density at radius 3 is 2.71 bits per heavy atom. The van der Waals surface area contributed by atoms with Crippen LogP contribution >= 0.6 is 22.9 Å². The van der Waals surface area contributed by atoms with E-state index in [1.807, 2.05) is 12.1 Å². The van der Waals surface area contributed by atoms with Crippen molar-refractivity contribution in [3.63, 3.8) is 0 Å². The fraction of sp³-hybridized carbons (Fsp3) is 0.286. The predicted octanol–water partition coefficient (Wildman–Crippen LogP) is 3.95. The summed E-state index contributed by atoms with van der Waals surface area (Å²) in [4.78, 5) is 15.7. The van der Waals surface area contributed by atoms with Gasteiger partial charge in [0.05, 0.1) is 14.2 Å². The van der Waals surface area contributed by atoms with Crippen molar-refractivity contribution in [2.45, 2.75) is 13.3 Å². The molecule has 0 spiro atoms. The minimum absolute atomic E-state index is 0.0611. The van der Waals surface area contributed by atoms with Gasteiger partial charge in [0.2, 0.25) is 0 Å². The molecule has 1 aromatic heterocycles. The Balaban J connectivity index is 2.28. The molecule has 0 aliphatic heterocycles. The van der Waals surface area contributed by atoms with E-state index < -0.39 is 5.97 Å². The zero-order valence-corrected chi connectivity index (χ0v) is 13.4. The van der Waals surface area contributed by atoms with Crippen molar-refractivity contribution >= 4 is 28.9 Å². The van der Waals surface area contributed by atoms with E-state index in [2.05, 4.69) is 16.6 Å². The molecule has 0 unspecified atom stereocenters. The van der Waals surface area contributed by atoms with Gasteiger partial charge in [-0.05, 0) is 24.1 Å². The first-order valence-corrected chi connectivity index (χ1v) is 7.37. The maximum atomic E-state index is 11.5. The van der Waals surface area contributed by atoms with Crippen molar-refractivity contribution in [1.82, 2.24) is 4.98 Å². The van der Waals surface area contributed by atoms with Gasteiger partial charge in [-0.3, -0.25) is 0 Å². The number of ether oxygens (including phenoxy) is 3. The van der Waals surface area contributed by atoms with Crippen LogP contribution < -0.4 is 9.47 Å². The summed E-state index contributed by atoms with van der Waals surface area (Å²) in [7, 11) is 2.85. The fourth-order valence-corrected chi connectivity index (χ4v) is 2.71.